The predicted molar refractivity (Wildman–Crippen MR) is 255 cm³/mol. The molecule has 0 saturated carbocycles. The van der Waals surface area contributed by atoms with Gasteiger partial charge in [-0.25, -0.2) is 0 Å². The predicted octanol–water partition coefficient (Wildman–Crippen LogP) is 14.5. The monoisotopic (exact) mass is 790 g/mol. The molecule has 4 nitrogen and oxygen atoms in total. The Morgan fingerprint density at radius 3 is 1.24 bits per heavy atom. The number of nitriles is 2. The van der Waals surface area contributed by atoms with Crippen molar-refractivity contribution in [1.82, 2.24) is 9.13 Å². The highest BCUT2D eigenvalue weighted by Gasteiger charge is 2.40. The Kier molecular flexibility index (Phi) is 6.69. The van der Waals surface area contributed by atoms with Gasteiger partial charge in [-0.3, -0.25) is 0 Å². The van der Waals surface area contributed by atoms with Crippen LogP contribution in [0.15, 0.2) is 158 Å². The van der Waals surface area contributed by atoms with Gasteiger partial charge in [-0.15, -0.1) is 0 Å². The van der Waals surface area contributed by atoms with Crippen LogP contribution < -0.4 is 0 Å². The maximum Gasteiger partial charge on any atom is 0.101 e. The maximum absolute atomic E-state index is 11.4. The molecule has 13 rings (SSSR count). The Hall–Kier alpha value is -7.92. The maximum atomic E-state index is 11.4. The van der Waals surface area contributed by atoms with Crippen LogP contribution in [0, 0.1) is 22.7 Å². The van der Waals surface area contributed by atoms with Gasteiger partial charge < -0.3 is 9.13 Å². The molecule has 0 bridgehead atoms. The van der Waals surface area contributed by atoms with Gasteiger partial charge in [0.15, 0.2) is 0 Å². The molecule has 2 aliphatic rings. The van der Waals surface area contributed by atoms with Crippen molar-refractivity contribution in [2.24, 2.45) is 0 Å². The first-order valence-electron chi connectivity index (χ1n) is 21.4. The highest BCUT2D eigenvalue weighted by molar-refractivity contribution is 6.24. The van der Waals surface area contributed by atoms with Gasteiger partial charge in [-0.2, -0.15) is 10.5 Å². The number of hydrogen-bond acceptors (Lipinski definition) is 2. The summed E-state index contributed by atoms with van der Waals surface area (Å²) < 4.78 is 4.59. The fourth-order valence-electron chi connectivity index (χ4n) is 11.9. The molecule has 290 valence electrons. The van der Waals surface area contributed by atoms with Gasteiger partial charge in [0, 0.05) is 32.4 Å². The van der Waals surface area contributed by atoms with Crippen molar-refractivity contribution < 1.29 is 0 Å². The fourth-order valence-corrected chi connectivity index (χ4v) is 11.9. The van der Waals surface area contributed by atoms with Crippen LogP contribution in [0.3, 0.4) is 0 Å². The SMILES string of the molecule is CC1(C)c2ccccc2-c2ccc3c4c5ccccc5ccc4n(-c4cc(C#N)c(-n5c6ccc7ccccc7c6c6ccc7c(c65)C(C)(C)c5ccccc5-7)cc4C#N)c3c21. The molecule has 0 unspecified atom stereocenters. The van der Waals surface area contributed by atoms with E-state index in [0.29, 0.717) is 22.5 Å². The van der Waals surface area contributed by atoms with E-state index < -0.39 is 0 Å². The molecule has 0 amide bonds. The number of nitrogens with zero attached hydrogens (tertiary/aromatic N) is 4. The van der Waals surface area contributed by atoms with Crippen molar-refractivity contribution in [1.29, 1.82) is 10.5 Å². The first-order valence-corrected chi connectivity index (χ1v) is 21.4. The van der Waals surface area contributed by atoms with Crippen LogP contribution in [-0.4, -0.2) is 9.13 Å². The minimum absolute atomic E-state index is 0.325. The van der Waals surface area contributed by atoms with Crippen LogP contribution in [0.5, 0.6) is 0 Å². The van der Waals surface area contributed by atoms with E-state index in [4.69, 9.17) is 0 Å². The third kappa shape index (κ3) is 4.19. The second-order valence-corrected chi connectivity index (χ2v) is 18.3. The molecule has 0 aliphatic heterocycles. The number of hydrogen-bond donors (Lipinski definition) is 0. The second kappa shape index (κ2) is 11.9. The van der Waals surface area contributed by atoms with Gasteiger partial charge in [0.05, 0.1) is 44.6 Å². The van der Waals surface area contributed by atoms with E-state index in [9.17, 15) is 10.5 Å². The molecule has 2 aromatic heterocycles. The standard InChI is InChI=1S/C58H38N4/c1-57(2)45-19-11-9-17-39(45)41-23-25-43-51-37-15-7-5-13-33(37)21-27-47(51)61(55(43)53(41)57)49-29-36(32-60)50(30-35(49)31-59)62-48-28-22-34-14-6-8-16-38(34)52(48)44-26-24-42-40-18-10-12-20-46(40)58(3,4)54(42)56(44)62/h5-30H,1-4H3. The van der Waals surface area contributed by atoms with Crippen molar-refractivity contribution in [2.75, 3.05) is 0 Å². The Balaban J connectivity index is 1.18. The summed E-state index contributed by atoms with van der Waals surface area (Å²) in [6, 6.07) is 61.8. The Bertz CT molecular complexity index is 3690. The second-order valence-electron chi connectivity index (χ2n) is 18.3. The van der Waals surface area contributed by atoms with Crippen molar-refractivity contribution in [3.8, 4) is 45.8 Å². The molecule has 0 fully saturated rings. The zero-order chi connectivity index (χ0) is 41.8. The normalized spacial score (nSPS) is 14.4. The van der Waals surface area contributed by atoms with Gasteiger partial charge >= 0.3 is 0 Å². The van der Waals surface area contributed by atoms with Gasteiger partial charge in [0.1, 0.15) is 12.1 Å². The van der Waals surface area contributed by atoms with E-state index in [2.05, 4.69) is 195 Å². The lowest BCUT2D eigenvalue weighted by Crippen LogP contribution is -2.17. The zero-order valence-electron chi connectivity index (χ0n) is 34.8. The summed E-state index contributed by atoms with van der Waals surface area (Å²) in [6.45, 7) is 9.26. The molecule has 0 atom stereocenters. The zero-order valence-corrected chi connectivity index (χ0v) is 34.8. The molecule has 9 aromatic carbocycles. The largest absolute Gasteiger partial charge is 0.308 e. The summed E-state index contributed by atoms with van der Waals surface area (Å²) in [4.78, 5) is 0. The number of aromatic nitrogens is 2. The lowest BCUT2D eigenvalue weighted by atomic mass is 9.81. The van der Waals surface area contributed by atoms with Crippen molar-refractivity contribution >= 4 is 65.2 Å². The summed E-state index contributed by atoms with van der Waals surface area (Å²) in [5.74, 6) is 0. The smallest absolute Gasteiger partial charge is 0.101 e. The van der Waals surface area contributed by atoms with E-state index in [1.807, 2.05) is 12.1 Å². The van der Waals surface area contributed by atoms with E-state index in [-0.39, 0.29) is 10.8 Å². The van der Waals surface area contributed by atoms with Crippen LogP contribution in [-0.2, 0) is 10.8 Å². The minimum atomic E-state index is -0.325. The van der Waals surface area contributed by atoms with Crippen molar-refractivity contribution in [3.63, 3.8) is 0 Å². The third-order valence-electron chi connectivity index (χ3n) is 14.5. The molecular weight excluding hydrogens is 753 g/mol. The summed E-state index contributed by atoms with van der Waals surface area (Å²) in [5, 5.41) is 32.0. The molecule has 0 saturated heterocycles. The van der Waals surface area contributed by atoms with Gasteiger partial charge in [0.25, 0.3) is 0 Å². The average molecular weight is 791 g/mol. The van der Waals surface area contributed by atoms with E-state index >= 15 is 0 Å². The van der Waals surface area contributed by atoms with E-state index in [0.717, 1.165) is 65.2 Å². The van der Waals surface area contributed by atoms with Gasteiger partial charge in [-0.1, -0.05) is 161 Å². The van der Waals surface area contributed by atoms with Crippen LogP contribution in [0.25, 0.3) is 98.8 Å². The number of rotatable bonds is 2. The fraction of sp³-hybridized carbons (Fsp3) is 0.103. The van der Waals surface area contributed by atoms with Crippen molar-refractivity contribution in [2.45, 2.75) is 38.5 Å². The lowest BCUT2D eigenvalue weighted by molar-refractivity contribution is 0.663. The van der Waals surface area contributed by atoms with Gasteiger partial charge in [-0.05, 0) is 90.3 Å². The Labute approximate surface area is 358 Å². The van der Waals surface area contributed by atoms with Gasteiger partial charge in [0.2, 0.25) is 0 Å². The molecule has 0 N–H and O–H groups in total. The van der Waals surface area contributed by atoms with Crippen LogP contribution >= 0.6 is 0 Å². The molecule has 4 heteroatoms. The molecule has 62 heavy (non-hydrogen) atoms. The van der Waals surface area contributed by atoms with Crippen molar-refractivity contribution in [3.05, 3.63) is 191 Å². The summed E-state index contributed by atoms with van der Waals surface area (Å²) in [6.07, 6.45) is 0. The first-order chi connectivity index (χ1) is 30.2. The summed E-state index contributed by atoms with van der Waals surface area (Å²) in [7, 11) is 0. The molecule has 2 aliphatic carbocycles. The summed E-state index contributed by atoms with van der Waals surface area (Å²) in [5.41, 5.74) is 15.8. The van der Waals surface area contributed by atoms with Crippen LogP contribution in [0.2, 0.25) is 0 Å². The number of fused-ring (bicyclic) bond motifs is 18. The average Bonchev–Trinajstić information content (AvgIpc) is 3.97. The molecule has 11 aromatic rings. The third-order valence-corrected chi connectivity index (χ3v) is 14.5. The number of benzene rings is 9. The Morgan fingerprint density at radius 1 is 0.403 bits per heavy atom. The van der Waals surface area contributed by atoms with E-state index in [1.54, 1.807) is 0 Å². The molecule has 2 heterocycles. The minimum Gasteiger partial charge on any atom is -0.308 e. The highest BCUT2D eigenvalue weighted by Crippen LogP contribution is 2.55. The Morgan fingerprint density at radius 2 is 0.806 bits per heavy atom. The molecular formula is C58H38N4. The van der Waals surface area contributed by atoms with Crippen LogP contribution in [0.1, 0.15) is 61.1 Å². The lowest BCUT2D eigenvalue weighted by Gasteiger charge is -2.25. The van der Waals surface area contributed by atoms with Crippen LogP contribution in [0.4, 0.5) is 0 Å². The first kappa shape index (κ1) is 34.9. The molecule has 0 spiro atoms. The highest BCUT2D eigenvalue weighted by atomic mass is 15.0. The molecule has 0 radical (unpaired) electrons. The summed E-state index contributed by atoms with van der Waals surface area (Å²) >= 11 is 0. The topological polar surface area (TPSA) is 57.4 Å². The quantitative estimate of drug-likeness (QED) is 0.175. The van der Waals surface area contributed by atoms with E-state index in [1.165, 1.54) is 44.5 Å².